The molecule has 10 nitrogen and oxygen atoms in total. The molecule has 0 aromatic carbocycles. The van der Waals surface area contributed by atoms with Crippen molar-refractivity contribution in [3.05, 3.63) is 12.2 Å². The van der Waals surface area contributed by atoms with Crippen LogP contribution in [0.3, 0.4) is 0 Å². The van der Waals surface area contributed by atoms with E-state index < -0.39 is 10.0 Å². The molecule has 27 heavy (non-hydrogen) atoms. The van der Waals surface area contributed by atoms with Crippen LogP contribution in [-0.2, 0) is 27.7 Å². The van der Waals surface area contributed by atoms with Gasteiger partial charge in [0.05, 0.1) is 18.4 Å². The van der Waals surface area contributed by atoms with Crippen LogP contribution < -0.4 is 15.4 Å². The average Bonchev–Trinajstić information content (AvgIpc) is 3.14. The zero-order valence-electron chi connectivity index (χ0n) is 15.7. The standard InChI is InChI=1S/C16H29N7O3S/c1-17-16(22-13-5-6-15-19-12-20-23(15)11-13)18-7-9-27(24,25)21-10-14-4-2-3-8-26-14/h12-14,21H,2-11H2,1H3,(H2,17,18,22). The molecule has 1 aromatic rings. The van der Waals surface area contributed by atoms with Gasteiger partial charge in [-0.2, -0.15) is 5.10 Å². The SMILES string of the molecule is CN=C(NCCS(=O)(=O)NCC1CCCCO1)NC1CCc2ncnn2C1. The topological polar surface area (TPSA) is 123 Å². The summed E-state index contributed by atoms with van der Waals surface area (Å²) in [5.41, 5.74) is 0. The minimum absolute atomic E-state index is 0.0103. The molecule has 1 fully saturated rings. The van der Waals surface area contributed by atoms with E-state index >= 15 is 0 Å². The summed E-state index contributed by atoms with van der Waals surface area (Å²) in [5, 5.41) is 10.6. The fourth-order valence-electron chi connectivity index (χ4n) is 3.31. The van der Waals surface area contributed by atoms with Crippen molar-refractivity contribution in [2.24, 2.45) is 4.99 Å². The third kappa shape index (κ3) is 6.15. The van der Waals surface area contributed by atoms with Gasteiger partial charge in [0.25, 0.3) is 0 Å². The zero-order valence-corrected chi connectivity index (χ0v) is 16.5. The lowest BCUT2D eigenvalue weighted by atomic mass is 10.1. The van der Waals surface area contributed by atoms with E-state index in [0.29, 0.717) is 19.1 Å². The van der Waals surface area contributed by atoms with Gasteiger partial charge in [-0.1, -0.05) is 0 Å². The first-order valence-electron chi connectivity index (χ1n) is 9.48. The highest BCUT2D eigenvalue weighted by atomic mass is 32.2. The van der Waals surface area contributed by atoms with Crippen LogP contribution in [0.1, 0.15) is 31.5 Å². The Balaban J connectivity index is 1.37. The van der Waals surface area contributed by atoms with Crippen LogP contribution in [0, 0.1) is 0 Å². The van der Waals surface area contributed by atoms with Gasteiger partial charge in [-0.3, -0.25) is 4.99 Å². The first kappa shape index (κ1) is 20.0. The van der Waals surface area contributed by atoms with Crippen molar-refractivity contribution >= 4 is 16.0 Å². The number of hydrogen-bond acceptors (Lipinski definition) is 6. The summed E-state index contributed by atoms with van der Waals surface area (Å²) in [7, 11) is -1.68. The molecule has 3 heterocycles. The number of rotatable bonds is 7. The van der Waals surface area contributed by atoms with Crippen LogP contribution >= 0.6 is 0 Å². The number of sulfonamides is 1. The predicted molar refractivity (Wildman–Crippen MR) is 102 cm³/mol. The first-order valence-corrected chi connectivity index (χ1v) is 11.1. The molecule has 1 saturated heterocycles. The number of aliphatic imine (C=N–C) groups is 1. The number of nitrogens with one attached hydrogen (secondary N) is 3. The van der Waals surface area contributed by atoms with E-state index in [1.165, 1.54) is 0 Å². The second-order valence-electron chi connectivity index (χ2n) is 6.89. The third-order valence-electron chi connectivity index (χ3n) is 4.84. The van der Waals surface area contributed by atoms with Gasteiger partial charge in [-0.05, 0) is 25.7 Å². The van der Waals surface area contributed by atoms with Crippen molar-refractivity contribution in [1.29, 1.82) is 0 Å². The Morgan fingerprint density at radius 2 is 2.30 bits per heavy atom. The Hall–Kier alpha value is -1.72. The van der Waals surface area contributed by atoms with Gasteiger partial charge in [0.1, 0.15) is 12.2 Å². The Kier molecular flexibility index (Phi) is 7.02. The molecule has 0 radical (unpaired) electrons. The molecule has 0 aliphatic carbocycles. The van der Waals surface area contributed by atoms with Crippen LogP contribution in [0.2, 0.25) is 0 Å². The van der Waals surface area contributed by atoms with Gasteiger partial charge in [0, 0.05) is 39.2 Å². The molecule has 1 aromatic heterocycles. The summed E-state index contributed by atoms with van der Waals surface area (Å²) >= 11 is 0. The van der Waals surface area contributed by atoms with Crippen molar-refractivity contribution in [2.45, 2.75) is 50.8 Å². The lowest BCUT2D eigenvalue weighted by Crippen LogP contribution is -2.48. The monoisotopic (exact) mass is 399 g/mol. The molecule has 3 rings (SSSR count). The van der Waals surface area contributed by atoms with Crippen LogP contribution in [0.4, 0.5) is 0 Å². The molecule has 0 amide bonds. The van der Waals surface area contributed by atoms with Crippen molar-refractivity contribution < 1.29 is 13.2 Å². The zero-order chi connectivity index (χ0) is 19.1. The quantitative estimate of drug-likeness (QED) is 0.407. The van der Waals surface area contributed by atoms with E-state index in [1.54, 1.807) is 13.4 Å². The molecule has 2 aliphatic heterocycles. The Labute approximate surface area is 160 Å². The average molecular weight is 400 g/mol. The van der Waals surface area contributed by atoms with Crippen molar-refractivity contribution in [1.82, 2.24) is 30.1 Å². The van der Waals surface area contributed by atoms with Crippen LogP contribution in [0.25, 0.3) is 0 Å². The summed E-state index contributed by atoms with van der Waals surface area (Å²) in [5.74, 6) is 1.57. The number of hydrogen-bond donors (Lipinski definition) is 3. The number of nitrogens with zero attached hydrogens (tertiary/aromatic N) is 4. The predicted octanol–water partition coefficient (Wildman–Crippen LogP) is -0.754. The summed E-state index contributed by atoms with van der Waals surface area (Å²) in [6, 6.07) is 0.184. The number of aryl methyl sites for hydroxylation is 1. The Morgan fingerprint density at radius 3 is 3.07 bits per heavy atom. The summed E-state index contributed by atoms with van der Waals surface area (Å²) < 4.78 is 34.4. The number of fused-ring (bicyclic) bond motifs is 1. The fourth-order valence-corrected chi connectivity index (χ4v) is 4.26. The Bertz CT molecular complexity index is 728. The molecule has 0 bridgehead atoms. The molecule has 2 aliphatic rings. The van der Waals surface area contributed by atoms with E-state index in [0.717, 1.165) is 44.5 Å². The van der Waals surface area contributed by atoms with Crippen LogP contribution in [-0.4, -0.2) is 73.8 Å². The summed E-state index contributed by atoms with van der Waals surface area (Å²) in [6.07, 6.45) is 6.40. The smallest absolute Gasteiger partial charge is 0.213 e. The van der Waals surface area contributed by atoms with Gasteiger partial charge in [0.15, 0.2) is 5.96 Å². The van der Waals surface area contributed by atoms with E-state index in [4.69, 9.17) is 4.74 Å². The van der Waals surface area contributed by atoms with Gasteiger partial charge in [0.2, 0.25) is 10.0 Å². The molecule has 3 N–H and O–H groups in total. The minimum Gasteiger partial charge on any atom is -0.377 e. The Morgan fingerprint density at radius 1 is 1.41 bits per heavy atom. The maximum absolute atomic E-state index is 12.2. The lowest BCUT2D eigenvalue weighted by molar-refractivity contribution is 0.0200. The van der Waals surface area contributed by atoms with Crippen molar-refractivity contribution in [3.8, 4) is 0 Å². The van der Waals surface area contributed by atoms with E-state index in [9.17, 15) is 8.42 Å². The summed E-state index contributed by atoms with van der Waals surface area (Å²) in [4.78, 5) is 8.39. The van der Waals surface area contributed by atoms with Gasteiger partial charge in [-0.25, -0.2) is 22.8 Å². The molecule has 11 heteroatoms. The fraction of sp³-hybridized carbons (Fsp3) is 0.812. The van der Waals surface area contributed by atoms with Gasteiger partial charge >= 0.3 is 0 Å². The maximum atomic E-state index is 12.2. The minimum atomic E-state index is -3.35. The largest absolute Gasteiger partial charge is 0.377 e. The second-order valence-corrected chi connectivity index (χ2v) is 8.82. The van der Waals surface area contributed by atoms with Crippen molar-refractivity contribution in [3.63, 3.8) is 0 Å². The summed E-state index contributed by atoms with van der Waals surface area (Å²) in [6.45, 7) is 2.06. The van der Waals surface area contributed by atoms with Crippen molar-refractivity contribution in [2.75, 3.05) is 32.5 Å². The highest BCUT2D eigenvalue weighted by Gasteiger charge is 2.21. The number of guanidine groups is 1. The van der Waals surface area contributed by atoms with Crippen LogP contribution in [0.5, 0.6) is 0 Å². The number of aromatic nitrogens is 3. The van der Waals surface area contributed by atoms with E-state index in [1.807, 2.05) is 4.68 Å². The van der Waals surface area contributed by atoms with E-state index in [2.05, 4.69) is 30.4 Å². The molecular formula is C16H29N7O3S. The molecule has 0 saturated carbocycles. The molecule has 2 atom stereocenters. The first-order chi connectivity index (χ1) is 13.1. The van der Waals surface area contributed by atoms with E-state index in [-0.39, 0.29) is 24.4 Å². The normalized spacial score (nSPS) is 23.7. The molecular weight excluding hydrogens is 370 g/mol. The molecule has 152 valence electrons. The number of ether oxygens (including phenoxy) is 1. The molecule has 2 unspecified atom stereocenters. The second kappa shape index (κ2) is 9.47. The third-order valence-corrected chi connectivity index (χ3v) is 6.19. The van der Waals surface area contributed by atoms with Crippen LogP contribution in [0.15, 0.2) is 11.3 Å². The highest BCUT2D eigenvalue weighted by molar-refractivity contribution is 7.89. The lowest BCUT2D eigenvalue weighted by Gasteiger charge is -2.25. The maximum Gasteiger partial charge on any atom is 0.213 e. The van der Waals surface area contributed by atoms with Gasteiger partial charge in [-0.15, -0.1) is 0 Å². The molecule has 0 spiro atoms. The van der Waals surface area contributed by atoms with Gasteiger partial charge < -0.3 is 15.4 Å². The highest BCUT2D eigenvalue weighted by Crippen LogP contribution is 2.12.